The van der Waals surface area contributed by atoms with Crippen LogP contribution in [-0.2, 0) is 6.42 Å². The highest BCUT2D eigenvalue weighted by molar-refractivity contribution is 5.94. The van der Waals surface area contributed by atoms with Crippen molar-refractivity contribution in [1.29, 1.82) is 0 Å². The van der Waals surface area contributed by atoms with Gasteiger partial charge in [0.05, 0.1) is 18.8 Å². The van der Waals surface area contributed by atoms with Gasteiger partial charge in [0.25, 0.3) is 5.91 Å². The van der Waals surface area contributed by atoms with Crippen molar-refractivity contribution in [3.63, 3.8) is 0 Å². The molecule has 0 saturated carbocycles. The lowest BCUT2D eigenvalue weighted by Crippen LogP contribution is -2.30. The van der Waals surface area contributed by atoms with Crippen molar-refractivity contribution < 1.29 is 31.9 Å². The van der Waals surface area contributed by atoms with Crippen LogP contribution >= 0.6 is 0 Å². The number of halogens is 3. The van der Waals surface area contributed by atoms with E-state index in [1.54, 1.807) is 18.3 Å². The fourth-order valence-electron chi connectivity index (χ4n) is 3.41. The van der Waals surface area contributed by atoms with Crippen LogP contribution in [0.2, 0.25) is 0 Å². The van der Waals surface area contributed by atoms with Gasteiger partial charge in [-0.3, -0.25) is 4.79 Å². The number of oxazole rings is 1. The first-order valence-corrected chi connectivity index (χ1v) is 9.49. The Morgan fingerprint density at radius 1 is 1.26 bits per heavy atom. The molecule has 0 saturated heterocycles. The highest BCUT2D eigenvalue weighted by Gasteiger charge is 2.32. The number of rotatable bonds is 5. The first-order valence-electron chi connectivity index (χ1n) is 9.49. The summed E-state index contributed by atoms with van der Waals surface area (Å²) < 4.78 is 52.3. The molecule has 0 aliphatic heterocycles. The van der Waals surface area contributed by atoms with Gasteiger partial charge in [-0.05, 0) is 43.5 Å². The number of nitrogens with one attached hydrogen (secondary N) is 1. The lowest BCUT2D eigenvalue weighted by atomic mass is 9.96. The largest absolute Gasteiger partial charge is 0.573 e. The number of fused-ring (bicyclic) bond motifs is 1. The van der Waals surface area contributed by atoms with Gasteiger partial charge in [0.2, 0.25) is 11.8 Å². The topological polar surface area (TPSA) is 86.5 Å². The average Bonchev–Trinajstić information content (AvgIpc) is 3.18. The zero-order valence-electron chi connectivity index (χ0n) is 16.4. The van der Waals surface area contributed by atoms with Crippen LogP contribution in [0.1, 0.15) is 40.7 Å². The Hall–Kier alpha value is -3.56. The minimum absolute atomic E-state index is 0.0486. The molecule has 1 aliphatic carbocycles. The first kappa shape index (κ1) is 20.7. The van der Waals surface area contributed by atoms with Gasteiger partial charge in [0, 0.05) is 23.4 Å². The molecule has 1 atom stereocenters. The summed E-state index contributed by atoms with van der Waals surface area (Å²) in [6.45, 7) is 0. The monoisotopic (exact) mass is 433 g/mol. The number of hydrogen-bond acceptors (Lipinski definition) is 6. The Bertz CT molecular complexity index is 1100. The molecule has 0 spiro atoms. The van der Waals surface area contributed by atoms with Crippen LogP contribution in [0.4, 0.5) is 13.2 Å². The number of aromatic nitrogens is 2. The molecular weight excluding hydrogens is 415 g/mol. The number of carbonyl (C=O) groups is 1. The second-order valence-corrected chi connectivity index (χ2v) is 6.91. The van der Waals surface area contributed by atoms with Crippen molar-refractivity contribution in [2.75, 3.05) is 7.11 Å². The first-order chi connectivity index (χ1) is 14.8. The fourth-order valence-corrected chi connectivity index (χ4v) is 3.41. The highest BCUT2D eigenvalue weighted by Crippen LogP contribution is 2.34. The van der Waals surface area contributed by atoms with Crippen molar-refractivity contribution in [1.82, 2.24) is 15.3 Å². The standard InChI is InChI=1S/C21H18F3N3O4/c1-29-17-11-13(8-9-25-17)20-27-16-7-3-6-15(18(16)30-20)26-19(28)12-4-2-5-14(10-12)31-21(22,23)24/h2,4-5,8-11,15H,3,6-7H2,1H3,(H,26,28). The van der Waals surface area contributed by atoms with E-state index in [1.807, 2.05) is 0 Å². The molecule has 2 heterocycles. The van der Waals surface area contributed by atoms with E-state index in [9.17, 15) is 18.0 Å². The summed E-state index contributed by atoms with van der Waals surface area (Å²) >= 11 is 0. The number of hydrogen-bond donors (Lipinski definition) is 1. The smallest absolute Gasteiger partial charge is 0.481 e. The SMILES string of the molecule is COc1cc(-c2nc3c(o2)C(NC(=O)c2cccc(OC(F)(F)F)c2)CCC3)ccn1. The number of carbonyl (C=O) groups excluding carboxylic acids is 1. The zero-order valence-corrected chi connectivity index (χ0v) is 16.4. The molecule has 1 amide bonds. The number of pyridine rings is 1. The lowest BCUT2D eigenvalue weighted by molar-refractivity contribution is -0.274. The van der Waals surface area contributed by atoms with E-state index in [-0.39, 0.29) is 5.56 Å². The van der Waals surface area contributed by atoms with Crippen molar-refractivity contribution in [2.45, 2.75) is 31.7 Å². The number of methoxy groups -OCH3 is 1. The maximum absolute atomic E-state index is 12.7. The van der Waals surface area contributed by atoms with Crippen LogP contribution in [0.5, 0.6) is 11.6 Å². The number of amides is 1. The van der Waals surface area contributed by atoms with E-state index in [2.05, 4.69) is 20.0 Å². The number of nitrogens with zero attached hydrogens (tertiary/aromatic N) is 2. The Balaban J connectivity index is 1.54. The van der Waals surface area contributed by atoms with Gasteiger partial charge in [0.15, 0.2) is 0 Å². The Morgan fingerprint density at radius 2 is 2.10 bits per heavy atom. The van der Waals surface area contributed by atoms with Gasteiger partial charge in [-0.1, -0.05) is 6.07 Å². The minimum atomic E-state index is -4.83. The molecule has 10 heteroatoms. The maximum atomic E-state index is 12.7. The molecule has 3 aromatic rings. The summed E-state index contributed by atoms with van der Waals surface area (Å²) in [4.78, 5) is 21.3. The number of aryl methyl sites for hydroxylation is 1. The van der Waals surface area contributed by atoms with E-state index in [0.717, 1.165) is 24.2 Å². The second kappa shape index (κ2) is 8.29. The van der Waals surface area contributed by atoms with Gasteiger partial charge >= 0.3 is 6.36 Å². The molecule has 0 radical (unpaired) electrons. The second-order valence-electron chi connectivity index (χ2n) is 6.91. The summed E-state index contributed by atoms with van der Waals surface area (Å²) in [6.07, 6.45) is -1.17. The molecule has 7 nitrogen and oxygen atoms in total. The summed E-state index contributed by atoms with van der Waals surface area (Å²) in [5, 5.41) is 2.82. The predicted molar refractivity (Wildman–Crippen MR) is 103 cm³/mol. The quantitative estimate of drug-likeness (QED) is 0.640. The van der Waals surface area contributed by atoms with Crippen LogP contribution in [-0.4, -0.2) is 29.3 Å². The van der Waals surface area contributed by atoms with Gasteiger partial charge in [-0.15, -0.1) is 13.2 Å². The molecule has 1 unspecified atom stereocenters. The van der Waals surface area contributed by atoms with Crippen molar-refractivity contribution in [2.24, 2.45) is 0 Å². The number of alkyl halides is 3. The number of ether oxygens (including phenoxy) is 2. The van der Waals surface area contributed by atoms with E-state index >= 15 is 0 Å². The van der Waals surface area contributed by atoms with Crippen LogP contribution in [0.15, 0.2) is 47.0 Å². The molecular formula is C21H18F3N3O4. The summed E-state index contributed by atoms with van der Waals surface area (Å²) in [5.74, 6) is 0.340. The van der Waals surface area contributed by atoms with E-state index in [1.165, 1.54) is 19.2 Å². The van der Waals surface area contributed by atoms with Gasteiger partial charge < -0.3 is 19.2 Å². The predicted octanol–water partition coefficient (Wildman–Crippen LogP) is 4.45. The highest BCUT2D eigenvalue weighted by atomic mass is 19.4. The van der Waals surface area contributed by atoms with Gasteiger partial charge in [-0.2, -0.15) is 0 Å². The molecule has 0 bridgehead atoms. The molecule has 1 N–H and O–H groups in total. The van der Waals surface area contributed by atoms with Crippen LogP contribution in [0.25, 0.3) is 11.5 Å². The molecule has 162 valence electrons. The third kappa shape index (κ3) is 4.79. The number of benzene rings is 1. The van der Waals surface area contributed by atoms with Crippen molar-refractivity contribution in [3.8, 4) is 23.1 Å². The van der Waals surface area contributed by atoms with Crippen LogP contribution in [0.3, 0.4) is 0 Å². The third-order valence-electron chi connectivity index (χ3n) is 4.78. The lowest BCUT2D eigenvalue weighted by Gasteiger charge is -2.21. The van der Waals surface area contributed by atoms with E-state index in [0.29, 0.717) is 35.9 Å². The maximum Gasteiger partial charge on any atom is 0.573 e. The molecule has 1 aliphatic rings. The summed E-state index contributed by atoms with van der Waals surface area (Å²) in [6, 6.07) is 7.89. The minimum Gasteiger partial charge on any atom is -0.481 e. The normalized spacial score (nSPS) is 15.8. The van der Waals surface area contributed by atoms with Crippen LogP contribution < -0.4 is 14.8 Å². The van der Waals surface area contributed by atoms with Gasteiger partial charge in [-0.25, -0.2) is 9.97 Å². The molecule has 1 aromatic carbocycles. The average molecular weight is 433 g/mol. The fraction of sp³-hybridized carbons (Fsp3) is 0.286. The van der Waals surface area contributed by atoms with Crippen molar-refractivity contribution >= 4 is 5.91 Å². The Morgan fingerprint density at radius 3 is 2.87 bits per heavy atom. The Labute approximate surface area is 175 Å². The zero-order chi connectivity index (χ0) is 22.0. The van der Waals surface area contributed by atoms with Crippen molar-refractivity contribution in [3.05, 3.63) is 59.6 Å². The van der Waals surface area contributed by atoms with E-state index in [4.69, 9.17) is 9.15 Å². The summed E-state index contributed by atoms with van der Waals surface area (Å²) in [7, 11) is 1.51. The van der Waals surface area contributed by atoms with Gasteiger partial charge in [0.1, 0.15) is 11.5 Å². The molecule has 0 fully saturated rings. The molecule has 2 aromatic heterocycles. The molecule has 31 heavy (non-hydrogen) atoms. The molecule has 4 rings (SSSR count). The van der Waals surface area contributed by atoms with E-state index < -0.39 is 24.1 Å². The third-order valence-corrected chi connectivity index (χ3v) is 4.78. The Kier molecular flexibility index (Phi) is 5.53. The van der Waals surface area contributed by atoms with Crippen LogP contribution in [0, 0.1) is 0 Å². The summed E-state index contributed by atoms with van der Waals surface area (Å²) in [5.41, 5.74) is 1.47.